The van der Waals surface area contributed by atoms with Crippen molar-refractivity contribution in [3.8, 4) is 11.1 Å². The molecule has 0 spiro atoms. The lowest BCUT2D eigenvalue weighted by molar-refractivity contribution is 0.0175. The van der Waals surface area contributed by atoms with Crippen molar-refractivity contribution >= 4 is 28.8 Å². The van der Waals surface area contributed by atoms with E-state index < -0.39 is 5.92 Å². The van der Waals surface area contributed by atoms with Crippen molar-refractivity contribution in [2.24, 2.45) is 10.9 Å². The van der Waals surface area contributed by atoms with Crippen LogP contribution in [-0.2, 0) is 5.92 Å². The Morgan fingerprint density at radius 3 is 2.63 bits per heavy atom. The first kappa shape index (κ1) is 22.9. The van der Waals surface area contributed by atoms with E-state index in [9.17, 15) is 13.6 Å². The number of pyridine rings is 1. The molecular formula is C28H26F2N4O. The second kappa shape index (κ2) is 9.41. The molecule has 2 aromatic heterocycles. The van der Waals surface area contributed by atoms with E-state index in [0.717, 1.165) is 31.0 Å². The molecule has 4 aromatic rings. The minimum absolute atomic E-state index is 0.0478. The maximum Gasteiger partial charge on any atom is 0.270 e. The number of aliphatic imine (C=N–C) groups is 1. The minimum atomic E-state index is -2.92. The van der Waals surface area contributed by atoms with Gasteiger partial charge in [-0.1, -0.05) is 36.4 Å². The molecule has 5 nitrogen and oxygen atoms in total. The Kier molecular flexibility index (Phi) is 6.16. The number of fused-ring (bicyclic) bond motifs is 1. The molecule has 1 aliphatic rings. The smallest absolute Gasteiger partial charge is 0.270 e. The van der Waals surface area contributed by atoms with E-state index in [2.05, 4.69) is 15.0 Å². The van der Waals surface area contributed by atoms with Crippen LogP contribution in [0.3, 0.4) is 0 Å². The minimum Gasteiger partial charge on any atom is -0.359 e. The van der Waals surface area contributed by atoms with Crippen LogP contribution in [0.4, 0.5) is 14.5 Å². The number of para-hydroxylation sites is 1. The van der Waals surface area contributed by atoms with E-state index in [4.69, 9.17) is 0 Å². The first-order valence-corrected chi connectivity index (χ1v) is 11.7. The Bertz CT molecular complexity index is 1370. The number of amides is 1. The van der Waals surface area contributed by atoms with E-state index in [-0.39, 0.29) is 11.5 Å². The number of aromatic amines is 1. The largest absolute Gasteiger partial charge is 0.359 e. The molecule has 0 radical (unpaired) electrons. The highest BCUT2D eigenvalue weighted by Gasteiger charge is 2.26. The zero-order chi connectivity index (χ0) is 24.4. The Balaban J connectivity index is 1.28. The van der Waals surface area contributed by atoms with Crippen molar-refractivity contribution < 1.29 is 13.6 Å². The van der Waals surface area contributed by atoms with Crippen molar-refractivity contribution in [1.82, 2.24) is 14.9 Å². The summed E-state index contributed by atoms with van der Waals surface area (Å²) in [6.07, 6.45) is 7.04. The van der Waals surface area contributed by atoms with Crippen LogP contribution >= 0.6 is 0 Å². The summed E-state index contributed by atoms with van der Waals surface area (Å²) >= 11 is 0. The summed E-state index contributed by atoms with van der Waals surface area (Å²) in [7, 11) is 0. The van der Waals surface area contributed by atoms with Crippen LogP contribution in [-0.4, -0.2) is 40.1 Å². The Morgan fingerprint density at radius 1 is 1.11 bits per heavy atom. The lowest BCUT2D eigenvalue weighted by Crippen LogP contribution is -2.38. The highest BCUT2D eigenvalue weighted by Crippen LogP contribution is 2.33. The fourth-order valence-corrected chi connectivity index (χ4v) is 4.44. The maximum atomic E-state index is 13.8. The Hall–Kier alpha value is -3.87. The third-order valence-corrected chi connectivity index (χ3v) is 6.46. The summed E-state index contributed by atoms with van der Waals surface area (Å²) in [5.41, 5.74) is 4.12. The molecule has 1 fully saturated rings. The van der Waals surface area contributed by atoms with Crippen LogP contribution < -0.4 is 0 Å². The van der Waals surface area contributed by atoms with Gasteiger partial charge in [-0.25, -0.2) is 8.78 Å². The molecule has 5 rings (SSSR count). The summed E-state index contributed by atoms with van der Waals surface area (Å²) in [4.78, 5) is 27.2. The van der Waals surface area contributed by atoms with E-state index >= 15 is 0 Å². The highest BCUT2D eigenvalue weighted by molar-refractivity contribution is 5.99. The van der Waals surface area contributed by atoms with E-state index in [1.807, 2.05) is 41.4 Å². The van der Waals surface area contributed by atoms with Crippen LogP contribution in [0.5, 0.6) is 0 Å². The van der Waals surface area contributed by atoms with Crippen molar-refractivity contribution in [3.05, 3.63) is 84.2 Å². The van der Waals surface area contributed by atoms with E-state index in [1.54, 1.807) is 30.6 Å². The fraction of sp³-hybridized carbons (Fsp3) is 0.250. The molecular weight excluding hydrogens is 446 g/mol. The van der Waals surface area contributed by atoms with Gasteiger partial charge in [0.15, 0.2) is 0 Å². The van der Waals surface area contributed by atoms with Gasteiger partial charge in [-0.05, 0) is 48.6 Å². The number of hydrogen-bond acceptors (Lipinski definition) is 3. The van der Waals surface area contributed by atoms with Gasteiger partial charge >= 0.3 is 0 Å². The standard InChI is InChI=1S/C28H26F2N4O/c1-28(29,30)22-7-5-6-20(14-22)24-18-32-25-15-21(17-33-26(24)25)27(35)34-12-10-19(11-13-34)16-31-23-8-3-2-4-9-23/h2-9,14-19,32H,10-13H2,1H3. The molecule has 0 atom stereocenters. The summed E-state index contributed by atoms with van der Waals surface area (Å²) in [5.74, 6) is -2.63. The van der Waals surface area contributed by atoms with Gasteiger partial charge < -0.3 is 9.88 Å². The first-order valence-electron chi connectivity index (χ1n) is 11.7. The molecule has 0 bridgehead atoms. The van der Waals surface area contributed by atoms with Gasteiger partial charge in [0, 0.05) is 49.7 Å². The number of piperidine rings is 1. The number of aromatic nitrogens is 2. The molecule has 0 unspecified atom stereocenters. The summed E-state index contributed by atoms with van der Waals surface area (Å²) in [5, 5.41) is 0. The van der Waals surface area contributed by atoms with Crippen molar-refractivity contribution in [3.63, 3.8) is 0 Å². The third-order valence-electron chi connectivity index (χ3n) is 6.46. The number of H-pyrrole nitrogens is 1. The van der Waals surface area contributed by atoms with Gasteiger partial charge in [0.05, 0.1) is 22.3 Å². The van der Waals surface area contributed by atoms with E-state index in [1.165, 1.54) is 12.1 Å². The number of carbonyl (C=O) groups excluding carboxylic acids is 1. The monoisotopic (exact) mass is 472 g/mol. The number of hydrogen-bond donors (Lipinski definition) is 1. The topological polar surface area (TPSA) is 61.4 Å². The second-order valence-corrected chi connectivity index (χ2v) is 9.04. The van der Waals surface area contributed by atoms with Crippen molar-refractivity contribution in [1.29, 1.82) is 0 Å². The number of rotatable bonds is 5. The lowest BCUT2D eigenvalue weighted by Gasteiger charge is -2.30. The molecule has 7 heteroatoms. The van der Waals surface area contributed by atoms with Crippen LogP contribution in [0.25, 0.3) is 22.2 Å². The highest BCUT2D eigenvalue weighted by atomic mass is 19.3. The molecule has 1 aliphatic heterocycles. The van der Waals surface area contributed by atoms with Gasteiger partial charge in [0.1, 0.15) is 0 Å². The lowest BCUT2D eigenvalue weighted by atomic mass is 9.97. The number of likely N-dealkylation sites (tertiary alicyclic amines) is 1. The third kappa shape index (κ3) is 4.99. The predicted octanol–water partition coefficient (Wildman–Crippen LogP) is 6.60. The second-order valence-electron chi connectivity index (χ2n) is 9.04. The van der Waals surface area contributed by atoms with Crippen molar-refractivity contribution in [2.45, 2.75) is 25.7 Å². The molecule has 1 N–H and O–H groups in total. The van der Waals surface area contributed by atoms with Crippen LogP contribution in [0.2, 0.25) is 0 Å². The molecule has 1 amide bonds. The molecule has 0 saturated carbocycles. The number of alkyl halides is 2. The fourth-order valence-electron chi connectivity index (χ4n) is 4.44. The number of nitrogens with one attached hydrogen (secondary N) is 1. The van der Waals surface area contributed by atoms with E-state index in [0.29, 0.717) is 41.2 Å². The number of halogens is 2. The Morgan fingerprint density at radius 2 is 1.89 bits per heavy atom. The molecule has 2 aromatic carbocycles. The zero-order valence-electron chi connectivity index (χ0n) is 19.4. The summed E-state index contributed by atoms with van der Waals surface area (Å²) < 4.78 is 27.6. The van der Waals surface area contributed by atoms with Crippen LogP contribution in [0, 0.1) is 5.92 Å². The van der Waals surface area contributed by atoms with Crippen molar-refractivity contribution in [2.75, 3.05) is 13.1 Å². The zero-order valence-corrected chi connectivity index (χ0v) is 19.4. The number of carbonyl (C=O) groups is 1. The van der Waals surface area contributed by atoms with Gasteiger partial charge in [-0.3, -0.25) is 14.8 Å². The number of benzene rings is 2. The average molecular weight is 473 g/mol. The molecule has 178 valence electrons. The molecule has 0 aliphatic carbocycles. The van der Waals surface area contributed by atoms with Gasteiger partial charge in [0.25, 0.3) is 11.8 Å². The van der Waals surface area contributed by atoms with Gasteiger partial charge in [-0.2, -0.15) is 0 Å². The summed E-state index contributed by atoms with van der Waals surface area (Å²) in [6.45, 7) is 2.21. The quantitative estimate of drug-likeness (QED) is 0.333. The average Bonchev–Trinajstić information content (AvgIpc) is 3.31. The number of nitrogens with zero attached hydrogens (tertiary/aromatic N) is 3. The maximum absolute atomic E-state index is 13.8. The SMILES string of the molecule is CC(F)(F)c1cccc(-c2c[nH]c3cc(C(=O)N4CCC(C=Nc5ccccc5)CC4)cnc23)c1. The summed E-state index contributed by atoms with van der Waals surface area (Å²) in [6, 6.07) is 17.9. The molecule has 3 heterocycles. The predicted molar refractivity (Wildman–Crippen MR) is 134 cm³/mol. The normalized spacial score (nSPS) is 15.2. The Labute approximate surface area is 202 Å². The molecule has 1 saturated heterocycles. The van der Waals surface area contributed by atoms with Crippen LogP contribution in [0.15, 0.2) is 78.0 Å². The van der Waals surface area contributed by atoms with Gasteiger partial charge in [0.2, 0.25) is 0 Å². The molecule has 35 heavy (non-hydrogen) atoms. The van der Waals surface area contributed by atoms with Crippen LogP contribution in [0.1, 0.15) is 35.7 Å². The first-order chi connectivity index (χ1) is 16.9. The van der Waals surface area contributed by atoms with Gasteiger partial charge in [-0.15, -0.1) is 0 Å².